The lowest BCUT2D eigenvalue weighted by atomic mass is 10.2. The summed E-state index contributed by atoms with van der Waals surface area (Å²) in [7, 11) is 0.354. The van der Waals surface area contributed by atoms with E-state index in [1.54, 1.807) is 62.8 Å². The lowest BCUT2D eigenvalue weighted by Gasteiger charge is -2.25. The van der Waals surface area contributed by atoms with Crippen LogP contribution in [0.3, 0.4) is 0 Å². The van der Waals surface area contributed by atoms with Gasteiger partial charge in [-0.1, -0.05) is 24.3 Å². The first kappa shape index (κ1) is 21.7. The number of carbonyl (C=O) groups excluding carboxylic acids is 1. The molecule has 0 unspecified atom stereocenters. The van der Waals surface area contributed by atoms with Gasteiger partial charge in [-0.25, -0.2) is 8.42 Å². The first-order valence-corrected chi connectivity index (χ1v) is 10.1. The summed E-state index contributed by atoms with van der Waals surface area (Å²) in [5, 5.41) is -1.31. The van der Waals surface area contributed by atoms with E-state index in [2.05, 4.69) is 4.74 Å². The monoisotopic (exact) mass is 407 g/mol. The van der Waals surface area contributed by atoms with Crippen LogP contribution in [0.15, 0.2) is 48.5 Å². The van der Waals surface area contributed by atoms with E-state index in [9.17, 15) is 13.2 Å². The fourth-order valence-electron chi connectivity index (χ4n) is 2.62. The summed E-state index contributed by atoms with van der Waals surface area (Å²) in [6.45, 7) is 1.55. The molecule has 0 aliphatic rings. The normalized spacial score (nSPS) is 12.5. The molecule has 2 aromatic carbocycles. The number of hydrogen-bond donors (Lipinski definition) is 0. The van der Waals surface area contributed by atoms with Crippen LogP contribution in [0.1, 0.15) is 18.1 Å². The van der Waals surface area contributed by atoms with Crippen LogP contribution in [0.4, 0.5) is 0 Å². The van der Waals surface area contributed by atoms with Gasteiger partial charge < -0.3 is 14.2 Å². The number of carbonyl (C=O) groups is 1. The quantitative estimate of drug-likeness (QED) is 0.594. The smallest absolute Gasteiger partial charge is 0.325 e. The number of hydrogen-bond acceptors (Lipinski definition) is 6. The van der Waals surface area contributed by atoms with Gasteiger partial charge in [0.1, 0.15) is 11.5 Å². The van der Waals surface area contributed by atoms with Crippen molar-refractivity contribution in [1.29, 1.82) is 0 Å². The molecule has 0 fully saturated rings. The number of ether oxygens (including phenoxy) is 3. The minimum absolute atomic E-state index is 0.111. The van der Waals surface area contributed by atoms with Gasteiger partial charge in [-0.3, -0.25) is 4.79 Å². The van der Waals surface area contributed by atoms with Gasteiger partial charge in [0.2, 0.25) is 10.0 Å². The van der Waals surface area contributed by atoms with Gasteiger partial charge in [0.05, 0.1) is 21.3 Å². The third-order valence-corrected chi connectivity index (χ3v) is 6.44. The molecule has 0 saturated heterocycles. The summed E-state index contributed by atoms with van der Waals surface area (Å²) in [6, 6.07) is 14.2. The lowest BCUT2D eigenvalue weighted by molar-refractivity contribution is -0.139. The van der Waals surface area contributed by atoms with Gasteiger partial charge in [-0.2, -0.15) is 4.31 Å². The number of methoxy groups -OCH3 is 3. The number of esters is 1. The minimum Gasteiger partial charge on any atom is -0.497 e. The molecule has 0 radical (unpaired) electrons. The van der Waals surface area contributed by atoms with E-state index >= 15 is 0 Å². The van der Waals surface area contributed by atoms with Crippen LogP contribution in [-0.2, 0) is 32.6 Å². The van der Waals surface area contributed by atoms with Crippen LogP contribution >= 0.6 is 0 Å². The molecule has 1 atom stereocenters. The largest absolute Gasteiger partial charge is 0.497 e. The Labute approximate surface area is 165 Å². The Hall–Kier alpha value is -2.58. The van der Waals surface area contributed by atoms with Crippen molar-refractivity contribution in [3.05, 3.63) is 59.7 Å². The Morgan fingerprint density at radius 1 is 0.857 bits per heavy atom. The highest BCUT2D eigenvalue weighted by Crippen LogP contribution is 2.21. The van der Waals surface area contributed by atoms with E-state index in [1.807, 2.05) is 0 Å². The first-order valence-electron chi connectivity index (χ1n) is 8.64. The van der Waals surface area contributed by atoms with E-state index < -0.39 is 21.2 Å². The predicted molar refractivity (Wildman–Crippen MR) is 106 cm³/mol. The molecular formula is C20H25NO6S. The maximum atomic E-state index is 13.1. The summed E-state index contributed by atoms with van der Waals surface area (Å²) in [5.74, 6) is 0.557. The van der Waals surface area contributed by atoms with E-state index in [4.69, 9.17) is 9.47 Å². The zero-order valence-electron chi connectivity index (χ0n) is 16.4. The maximum absolute atomic E-state index is 13.1. The van der Waals surface area contributed by atoms with Crippen molar-refractivity contribution in [3.8, 4) is 11.5 Å². The zero-order chi connectivity index (χ0) is 20.7. The highest BCUT2D eigenvalue weighted by Gasteiger charge is 2.34. The van der Waals surface area contributed by atoms with Crippen molar-refractivity contribution >= 4 is 16.0 Å². The van der Waals surface area contributed by atoms with Gasteiger partial charge in [0.25, 0.3) is 0 Å². The van der Waals surface area contributed by atoms with Crippen molar-refractivity contribution in [2.45, 2.75) is 25.3 Å². The number of benzene rings is 2. The van der Waals surface area contributed by atoms with Crippen LogP contribution in [0.2, 0.25) is 0 Å². The molecule has 2 aromatic rings. The zero-order valence-corrected chi connectivity index (χ0v) is 17.2. The van der Waals surface area contributed by atoms with Crippen molar-refractivity contribution in [2.75, 3.05) is 21.3 Å². The highest BCUT2D eigenvalue weighted by atomic mass is 32.2. The summed E-state index contributed by atoms with van der Waals surface area (Å²) in [6.07, 6.45) is 0. The number of sulfonamides is 1. The summed E-state index contributed by atoms with van der Waals surface area (Å²) in [4.78, 5) is 11.9. The number of rotatable bonds is 9. The molecule has 8 heteroatoms. The van der Waals surface area contributed by atoms with E-state index in [0.29, 0.717) is 11.5 Å². The molecule has 7 nitrogen and oxygen atoms in total. The summed E-state index contributed by atoms with van der Waals surface area (Å²) >= 11 is 0. The van der Waals surface area contributed by atoms with Crippen molar-refractivity contribution < 1.29 is 27.4 Å². The Morgan fingerprint density at radius 3 is 1.57 bits per heavy atom. The fraction of sp³-hybridized carbons (Fsp3) is 0.350. The molecule has 28 heavy (non-hydrogen) atoms. The molecule has 152 valence electrons. The average molecular weight is 407 g/mol. The summed E-state index contributed by atoms with van der Waals surface area (Å²) < 4.78 is 42.3. The Balaban J connectivity index is 2.33. The van der Waals surface area contributed by atoms with E-state index in [1.165, 1.54) is 18.3 Å². The molecule has 0 heterocycles. The molecule has 0 aliphatic heterocycles. The van der Waals surface area contributed by atoms with E-state index in [0.717, 1.165) is 11.1 Å². The van der Waals surface area contributed by atoms with Gasteiger partial charge in [-0.05, 0) is 42.3 Å². The SMILES string of the molecule is COC(=O)[C@@H](C)S(=O)(=O)N(Cc1ccc(OC)cc1)Cc1ccc(OC)cc1. The number of nitrogens with zero attached hydrogens (tertiary/aromatic N) is 1. The second-order valence-corrected chi connectivity index (χ2v) is 8.43. The Bertz CT molecular complexity index is 828. The van der Waals surface area contributed by atoms with Crippen LogP contribution in [0, 0.1) is 0 Å². The molecule has 2 rings (SSSR count). The molecule has 0 aromatic heterocycles. The molecule has 0 bridgehead atoms. The molecular weight excluding hydrogens is 382 g/mol. The molecule has 0 amide bonds. The second-order valence-electron chi connectivity index (χ2n) is 6.17. The van der Waals surface area contributed by atoms with Crippen LogP contribution in [0.25, 0.3) is 0 Å². The minimum atomic E-state index is -3.94. The molecule has 0 N–H and O–H groups in total. The lowest BCUT2D eigenvalue weighted by Crippen LogP contribution is -2.41. The van der Waals surface area contributed by atoms with Crippen LogP contribution < -0.4 is 9.47 Å². The Morgan fingerprint density at radius 2 is 1.25 bits per heavy atom. The standard InChI is InChI=1S/C20H25NO6S/c1-15(20(22)27-4)28(23,24)21(13-16-5-9-18(25-2)10-6-16)14-17-7-11-19(26-3)12-8-17/h5-12,15H,13-14H2,1-4H3/t15-/m1/s1. The third-order valence-electron chi connectivity index (χ3n) is 4.38. The van der Waals surface area contributed by atoms with Gasteiger partial charge in [-0.15, -0.1) is 0 Å². The van der Waals surface area contributed by atoms with Crippen molar-refractivity contribution in [2.24, 2.45) is 0 Å². The molecule has 0 spiro atoms. The fourth-order valence-corrected chi connectivity index (χ4v) is 4.06. The molecule has 0 aliphatic carbocycles. The Kier molecular flexibility index (Phi) is 7.42. The van der Waals surface area contributed by atoms with Gasteiger partial charge in [0, 0.05) is 13.1 Å². The van der Waals surface area contributed by atoms with Crippen molar-refractivity contribution in [3.63, 3.8) is 0 Å². The highest BCUT2D eigenvalue weighted by molar-refractivity contribution is 7.90. The van der Waals surface area contributed by atoms with E-state index in [-0.39, 0.29) is 13.1 Å². The van der Waals surface area contributed by atoms with Gasteiger partial charge >= 0.3 is 5.97 Å². The van der Waals surface area contributed by atoms with Crippen molar-refractivity contribution in [1.82, 2.24) is 4.31 Å². The predicted octanol–water partition coefficient (Wildman–Crippen LogP) is 2.60. The molecule has 0 saturated carbocycles. The topological polar surface area (TPSA) is 82.1 Å². The van der Waals surface area contributed by atoms with Gasteiger partial charge in [0.15, 0.2) is 5.25 Å². The van der Waals surface area contributed by atoms with Crippen LogP contribution in [0.5, 0.6) is 11.5 Å². The average Bonchev–Trinajstić information content (AvgIpc) is 2.73. The summed E-state index contributed by atoms with van der Waals surface area (Å²) in [5.41, 5.74) is 1.55. The third kappa shape index (κ3) is 5.24. The van der Waals surface area contributed by atoms with Crippen LogP contribution in [-0.4, -0.2) is 45.3 Å². The second kappa shape index (κ2) is 9.57. The first-order chi connectivity index (χ1) is 13.3. The maximum Gasteiger partial charge on any atom is 0.325 e.